The van der Waals surface area contributed by atoms with Gasteiger partial charge in [0.2, 0.25) is 0 Å². The summed E-state index contributed by atoms with van der Waals surface area (Å²) in [6.45, 7) is 7.76. The normalized spacial score (nSPS) is 24.9. The Bertz CT molecular complexity index is 201. The van der Waals surface area contributed by atoms with Crippen LogP contribution < -0.4 is 5.32 Å². The Balaban J connectivity index is 2.57. The van der Waals surface area contributed by atoms with Gasteiger partial charge in [-0.2, -0.15) is 0 Å². The highest BCUT2D eigenvalue weighted by molar-refractivity contribution is 7.80. The SMILES string of the molecule is CCC(C)(C)CC1C(=S)NCN1C. The van der Waals surface area contributed by atoms with Gasteiger partial charge in [0.1, 0.15) is 0 Å². The number of hydrogen-bond donors (Lipinski definition) is 1. The Morgan fingerprint density at radius 1 is 1.62 bits per heavy atom. The van der Waals surface area contributed by atoms with Gasteiger partial charge in [0.05, 0.1) is 17.7 Å². The lowest BCUT2D eigenvalue weighted by molar-refractivity contribution is 0.229. The number of rotatable bonds is 3. The molecule has 13 heavy (non-hydrogen) atoms. The van der Waals surface area contributed by atoms with Crippen LogP contribution in [-0.4, -0.2) is 29.6 Å². The van der Waals surface area contributed by atoms with Crippen molar-refractivity contribution in [1.29, 1.82) is 0 Å². The van der Waals surface area contributed by atoms with Crippen molar-refractivity contribution in [3.63, 3.8) is 0 Å². The summed E-state index contributed by atoms with van der Waals surface area (Å²) < 4.78 is 0. The first-order chi connectivity index (χ1) is 5.96. The molecule has 0 amide bonds. The van der Waals surface area contributed by atoms with Crippen molar-refractivity contribution in [2.45, 2.75) is 39.7 Å². The zero-order valence-corrected chi connectivity index (χ0v) is 9.87. The van der Waals surface area contributed by atoms with Crippen LogP contribution in [0.25, 0.3) is 0 Å². The minimum absolute atomic E-state index is 0.398. The number of nitrogens with one attached hydrogen (secondary N) is 1. The topological polar surface area (TPSA) is 15.3 Å². The van der Waals surface area contributed by atoms with Crippen molar-refractivity contribution in [3.8, 4) is 0 Å². The van der Waals surface area contributed by atoms with Crippen molar-refractivity contribution in [2.75, 3.05) is 13.7 Å². The summed E-state index contributed by atoms with van der Waals surface area (Å²) in [4.78, 5) is 3.31. The van der Waals surface area contributed by atoms with Gasteiger partial charge in [-0.05, 0) is 18.9 Å². The van der Waals surface area contributed by atoms with E-state index >= 15 is 0 Å². The maximum atomic E-state index is 5.28. The van der Waals surface area contributed by atoms with E-state index in [2.05, 4.69) is 38.0 Å². The third-order valence-corrected chi connectivity index (χ3v) is 3.46. The standard InChI is InChI=1S/C10H20N2S/c1-5-10(2,3)6-8-9(13)11-7-12(8)4/h8H,5-7H2,1-4H3,(H,11,13). The average Bonchev–Trinajstić information content (AvgIpc) is 2.36. The molecule has 1 heterocycles. The number of thiocarbonyl (C=S) groups is 1. The summed E-state index contributed by atoms with van der Waals surface area (Å²) in [5, 5.41) is 3.22. The molecule has 0 bridgehead atoms. The molecule has 1 unspecified atom stereocenters. The van der Waals surface area contributed by atoms with E-state index in [0.717, 1.165) is 18.1 Å². The zero-order valence-electron chi connectivity index (χ0n) is 9.05. The second-order valence-corrected chi connectivity index (χ2v) is 5.13. The first-order valence-corrected chi connectivity index (χ1v) is 5.35. The van der Waals surface area contributed by atoms with E-state index < -0.39 is 0 Å². The fourth-order valence-corrected chi connectivity index (χ4v) is 1.87. The van der Waals surface area contributed by atoms with Crippen molar-refractivity contribution in [3.05, 3.63) is 0 Å². The van der Waals surface area contributed by atoms with Crippen molar-refractivity contribution in [1.82, 2.24) is 10.2 Å². The van der Waals surface area contributed by atoms with E-state index in [1.54, 1.807) is 0 Å². The fraction of sp³-hybridized carbons (Fsp3) is 0.900. The van der Waals surface area contributed by atoms with Gasteiger partial charge >= 0.3 is 0 Å². The maximum absolute atomic E-state index is 5.28. The highest BCUT2D eigenvalue weighted by Crippen LogP contribution is 2.29. The quantitative estimate of drug-likeness (QED) is 0.702. The molecule has 1 N–H and O–H groups in total. The molecule has 0 aromatic rings. The van der Waals surface area contributed by atoms with E-state index in [1.165, 1.54) is 6.42 Å². The summed E-state index contributed by atoms with van der Waals surface area (Å²) >= 11 is 5.28. The molecule has 1 rings (SSSR count). The molecule has 0 aromatic carbocycles. The van der Waals surface area contributed by atoms with Gasteiger partial charge < -0.3 is 5.32 Å². The van der Waals surface area contributed by atoms with Crippen LogP contribution in [0, 0.1) is 5.41 Å². The molecule has 76 valence electrons. The first-order valence-electron chi connectivity index (χ1n) is 4.94. The van der Waals surface area contributed by atoms with Crippen molar-refractivity contribution >= 4 is 17.2 Å². The molecule has 1 aliphatic rings. The minimum Gasteiger partial charge on any atom is -0.366 e. The third-order valence-electron chi connectivity index (χ3n) is 3.04. The molecule has 2 nitrogen and oxygen atoms in total. The summed E-state index contributed by atoms with van der Waals surface area (Å²) in [7, 11) is 2.13. The lowest BCUT2D eigenvalue weighted by Crippen LogP contribution is -2.34. The molecule has 1 fully saturated rings. The van der Waals surface area contributed by atoms with E-state index in [9.17, 15) is 0 Å². The Morgan fingerprint density at radius 2 is 2.23 bits per heavy atom. The lowest BCUT2D eigenvalue weighted by atomic mass is 9.83. The number of likely N-dealkylation sites (N-methyl/N-ethyl adjacent to an activating group) is 1. The smallest absolute Gasteiger partial charge is 0.0938 e. The predicted molar refractivity (Wildman–Crippen MR) is 60.8 cm³/mol. The van der Waals surface area contributed by atoms with E-state index in [1.807, 2.05) is 0 Å². The molecule has 1 saturated heterocycles. The average molecular weight is 200 g/mol. The van der Waals surface area contributed by atoms with E-state index in [-0.39, 0.29) is 0 Å². The Hall–Kier alpha value is -0.150. The summed E-state index contributed by atoms with van der Waals surface area (Å²) in [6, 6.07) is 0.449. The first kappa shape index (κ1) is 10.9. The Kier molecular flexibility index (Phi) is 3.30. The van der Waals surface area contributed by atoms with Gasteiger partial charge in [0.15, 0.2) is 0 Å². The highest BCUT2D eigenvalue weighted by Gasteiger charge is 2.31. The molecule has 3 heteroatoms. The van der Waals surface area contributed by atoms with Gasteiger partial charge in [-0.25, -0.2) is 0 Å². The monoisotopic (exact) mass is 200 g/mol. The van der Waals surface area contributed by atoms with Gasteiger partial charge in [-0.1, -0.05) is 39.4 Å². The van der Waals surface area contributed by atoms with Crippen LogP contribution in [0.5, 0.6) is 0 Å². The largest absolute Gasteiger partial charge is 0.366 e. The molecule has 0 spiro atoms. The van der Waals surface area contributed by atoms with Crippen LogP contribution in [0.15, 0.2) is 0 Å². The van der Waals surface area contributed by atoms with Crippen LogP contribution in [0.1, 0.15) is 33.6 Å². The van der Waals surface area contributed by atoms with Crippen LogP contribution in [0.4, 0.5) is 0 Å². The molecule has 0 saturated carbocycles. The molecule has 0 radical (unpaired) electrons. The molecular weight excluding hydrogens is 180 g/mol. The summed E-state index contributed by atoms with van der Waals surface area (Å²) in [5.41, 5.74) is 0.398. The van der Waals surface area contributed by atoms with Gasteiger partial charge in [-0.15, -0.1) is 0 Å². The molecule has 1 atom stereocenters. The fourth-order valence-electron chi connectivity index (χ4n) is 1.55. The van der Waals surface area contributed by atoms with Gasteiger partial charge in [0.25, 0.3) is 0 Å². The van der Waals surface area contributed by atoms with Crippen molar-refractivity contribution in [2.24, 2.45) is 5.41 Å². The Morgan fingerprint density at radius 3 is 2.62 bits per heavy atom. The van der Waals surface area contributed by atoms with Crippen LogP contribution in [0.3, 0.4) is 0 Å². The van der Waals surface area contributed by atoms with Gasteiger partial charge in [-0.3, -0.25) is 4.90 Å². The van der Waals surface area contributed by atoms with Crippen LogP contribution in [0.2, 0.25) is 0 Å². The van der Waals surface area contributed by atoms with E-state index in [4.69, 9.17) is 12.2 Å². The summed E-state index contributed by atoms with van der Waals surface area (Å²) in [6.07, 6.45) is 2.37. The minimum atomic E-state index is 0.398. The number of nitrogens with zero attached hydrogens (tertiary/aromatic N) is 1. The highest BCUT2D eigenvalue weighted by atomic mass is 32.1. The Labute approximate surface area is 86.7 Å². The zero-order chi connectivity index (χ0) is 10.1. The molecule has 0 aromatic heterocycles. The van der Waals surface area contributed by atoms with Crippen LogP contribution >= 0.6 is 12.2 Å². The second-order valence-electron chi connectivity index (χ2n) is 4.69. The molecular formula is C10H20N2S. The lowest BCUT2D eigenvalue weighted by Gasteiger charge is -2.28. The third kappa shape index (κ3) is 2.64. The van der Waals surface area contributed by atoms with E-state index in [0.29, 0.717) is 11.5 Å². The summed E-state index contributed by atoms with van der Waals surface area (Å²) in [5.74, 6) is 0. The molecule has 1 aliphatic heterocycles. The van der Waals surface area contributed by atoms with Crippen molar-refractivity contribution < 1.29 is 0 Å². The van der Waals surface area contributed by atoms with Crippen LogP contribution in [-0.2, 0) is 0 Å². The molecule has 0 aliphatic carbocycles. The predicted octanol–water partition coefficient (Wildman–Crippen LogP) is 2.00. The second kappa shape index (κ2) is 3.93. The maximum Gasteiger partial charge on any atom is 0.0938 e. The number of hydrogen-bond acceptors (Lipinski definition) is 2. The van der Waals surface area contributed by atoms with Gasteiger partial charge in [0, 0.05) is 0 Å².